The first-order valence-electron chi connectivity index (χ1n) is 8.24. The average molecular weight is 308 g/mol. The summed E-state index contributed by atoms with van der Waals surface area (Å²) < 4.78 is 5.67. The molecule has 4 nitrogen and oxygen atoms in total. The van der Waals surface area contributed by atoms with Crippen LogP contribution in [0, 0.1) is 36.0 Å². The first-order chi connectivity index (χ1) is 11.0. The molecule has 1 spiro atoms. The lowest BCUT2D eigenvalue weighted by atomic mass is 9.91. The predicted octanol–water partition coefficient (Wildman–Crippen LogP) is 4.46. The SMILES string of the molecule is Cc1oc2ccc(NC(=O)C3(C#N)CC34CCCC4)cc2c1C. The molecule has 4 heteroatoms. The smallest absolute Gasteiger partial charge is 0.245 e. The lowest BCUT2D eigenvalue weighted by molar-refractivity contribution is -0.120. The van der Waals surface area contributed by atoms with E-state index in [9.17, 15) is 10.1 Å². The molecule has 2 fully saturated rings. The second-order valence-corrected chi connectivity index (χ2v) is 7.13. The number of nitrogens with zero attached hydrogens (tertiary/aromatic N) is 1. The molecular formula is C19H20N2O2. The Morgan fingerprint density at radius 3 is 2.74 bits per heavy atom. The summed E-state index contributed by atoms with van der Waals surface area (Å²) in [5.74, 6) is 0.753. The monoisotopic (exact) mass is 308 g/mol. The van der Waals surface area contributed by atoms with Crippen molar-refractivity contribution in [2.24, 2.45) is 10.8 Å². The molecule has 23 heavy (non-hydrogen) atoms. The number of amides is 1. The van der Waals surface area contributed by atoms with Gasteiger partial charge in [-0.05, 0) is 56.9 Å². The van der Waals surface area contributed by atoms with E-state index in [0.717, 1.165) is 53.7 Å². The Morgan fingerprint density at radius 2 is 2.04 bits per heavy atom. The van der Waals surface area contributed by atoms with E-state index >= 15 is 0 Å². The Balaban J connectivity index is 1.62. The van der Waals surface area contributed by atoms with Crippen molar-refractivity contribution >= 4 is 22.6 Å². The molecule has 1 N–H and O–H groups in total. The summed E-state index contributed by atoms with van der Waals surface area (Å²) in [7, 11) is 0. The number of nitriles is 1. The molecule has 118 valence electrons. The molecule has 4 rings (SSSR count). The topological polar surface area (TPSA) is 66.0 Å². The number of fused-ring (bicyclic) bond motifs is 1. The number of carbonyl (C=O) groups is 1. The molecule has 1 aromatic carbocycles. The number of hydrogen-bond acceptors (Lipinski definition) is 3. The van der Waals surface area contributed by atoms with Crippen LogP contribution in [-0.4, -0.2) is 5.91 Å². The first-order valence-corrected chi connectivity index (χ1v) is 8.24. The maximum atomic E-state index is 12.8. The largest absolute Gasteiger partial charge is 0.461 e. The van der Waals surface area contributed by atoms with Crippen LogP contribution in [0.15, 0.2) is 22.6 Å². The van der Waals surface area contributed by atoms with Crippen molar-refractivity contribution in [3.63, 3.8) is 0 Å². The number of hydrogen-bond donors (Lipinski definition) is 1. The van der Waals surface area contributed by atoms with Crippen LogP contribution in [0.2, 0.25) is 0 Å². The maximum absolute atomic E-state index is 12.8. The lowest BCUT2D eigenvalue weighted by Crippen LogP contribution is -2.27. The summed E-state index contributed by atoms with van der Waals surface area (Å²) in [6, 6.07) is 7.99. The minimum atomic E-state index is -0.820. The van der Waals surface area contributed by atoms with Gasteiger partial charge in [0.25, 0.3) is 0 Å². The summed E-state index contributed by atoms with van der Waals surface area (Å²) in [6.45, 7) is 3.95. The van der Waals surface area contributed by atoms with Crippen LogP contribution in [-0.2, 0) is 4.79 Å². The van der Waals surface area contributed by atoms with Gasteiger partial charge in [0.05, 0.1) is 6.07 Å². The maximum Gasteiger partial charge on any atom is 0.245 e. The summed E-state index contributed by atoms with van der Waals surface area (Å²) >= 11 is 0. The van der Waals surface area contributed by atoms with Gasteiger partial charge in [0.1, 0.15) is 16.8 Å². The molecule has 0 saturated heterocycles. The van der Waals surface area contributed by atoms with Crippen molar-refractivity contribution in [2.45, 2.75) is 46.0 Å². The van der Waals surface area contributed by atoms with Gasteiger partial charge in [-0.1, -0.05) is 12.8 Å². The molecule has 0 aliphatic heterocycles. The van der Waals surface area contributed by atoms with Gasteiger partial charge in [-0.25, -0.2) is 0 Å². The standard InChI is InChI=1S/C19H20N2O2/c1-12-13(2)23-16-6-5-14(9-15(12)16)21-17(22)19(11-20)10-18(19)7-3-4-8-18/h5-6,9H,3-4,7-8,10H2,1-2H3,(H,21,22). The number of aryl methyl sites for hydroxylation is 2. The second-order valence-electron chi connectivity index (χ2n) is 7.13. The third-order valence-corrected chi connectivity index (χ3v) is 5.96. The molecular weight excluding hydrogens is 288 g/mol. The van der Waals surface area contributed by atoms with Gasteiger partial charge < -0.3 is 9.73 Å². The van der Waals surface area contributed by atoms with E-state index in [2.05, 4.69) is 11.4 Å². The molecule has 1 unspecified atom stereocenters. The van der Waals surface area contributed by atoms with Crippen molar-refractivity contribution < 1.29 is 9.21 Å². The van der Waals surface area contributed by atoms with Crippen LogP contribution < -0.4 is 5.32 Å². The van der Waals surface area contributed by atoms with Gasteiger partial charge in [-0.3, -0.25) is 4.79 Å². The summed E-state index contributed by atoms with van der Waals surface area (Å²) in [6.07, 6.45) is 5.00. The zero-order valence-corrected chi connectivity index (χ0v) is 13.5. The highest BCUT2D eigenvalue weighted by molar-refractivity contribution is 6.02. The minimum absolute atomic E-state index is 0.0575. The number of rotatable bonds is 2. The molecule has 1 amide bonds. The molecule has 2 aliphatic carbocycles. The van der Waals surface area contributed by atoms with Crippen LogP contribution >= 0.6 is 0 Å². The molecule has 1 heterocycles. The van der Waals surface area contributed by atoms with E-state index in [-0.39, 0.29) is 11.3 Å². The quantitative estimate of drug-likeness (QED) is 0.890. The fourth-order valence-corrected chi connectivity index (χ4v) is 4.31. The van der Waals surface area contributed by atoms with Gasteiger partial charge in [0.2, 0.25) is 5.91 Å². The number of nitrogens with one attached hydrogen (secondary N) is 1. The highest BCUT2D eigenvalue weighted by atomic mass is 16.3. The van der Waals surface area contributed by atoms with Crippen LogP contribution in [0.4, 0.5) is 5.69 Å². The van der Waals surface area contributed by atoms with Crippen LogP contribution in [0.5, 0.6) is 0 Å². The van der Waals surface area contributed by atoms with Crippen LogP contribution in [0.25, 0.3) is 11.0 Å². The first kappa shape index (κ1) is 14.3. The number of anilines is 1. The van der Waals surface area contributed by atoms with Crippen molar-refractivity contribution in [1.29, 1.82) is 5.26 Å². The van der Waals surface area contributed by atoms with Gasteiger partial charge in [-0.15, -0.1) is 0 Å². The number of carbonyl (C=O) groups excluding carboxylic acids is 1. The van der Waals surface area contributed by atoms with E-state index in [1.165, 1.54) is 0 Å². The van der Waals surface area contributed by atoms with Gasteiger partial charge in [0, 0.05) is 16.5 Å². The zero-order chi connectivity index (χ0) is 16.2. The third kappa shape index (κ3) is 1.86. The fourth-order valence-electron chi connectivity index (χ4n) is 4.31. The average Bonchev–Trinajstić information content (AvgIpc) is 2.78. The molecule has 0 radical (unpaired) electrons. The lowest BCUT2D eigenvalue weighted by Gasteiger charge is -2.15. The third-order valence-electron chi connectivity index (χ3n) is 5.96. The zero-order valence-electron chi connectivity index (χ0n) is 13.5. The molecule has 2 aromatic rings. The Kier molecular flexibility index (Phi) is 2.87. The molecule has 2 aliphatic rings. The minimum Gasteiger partial charge on any atom is -0.461 e. The molecule has 2 saturated carbocycles. The fraction of sp³-hybridized carbons (Fsp3) is 0.474. The van der Waals surface area contributed by atoms with Crippen molar-refractivity contribution in [3.05, 3.63) is 29.5 Å². The Labute approximate surface area is 135 Å². The number of furan rings is 1. The number of benzene rings is 1. The molecule has 0 bridgehead atoms. The Hall–Kier alpha value is -2.28. The van der Waals surface area contributed by atoms with E-state index in [4.69, 9.17) is 4.42 Å². The van der Waals surface area contributed by atoms with E-state index in [1.807, 2.05) is 32.0 Å². The van der Waals surface area contributed by atoms with Crippen molar-refractivity contribution in [1.82, 2.24) is 0 Å². The second kappa shape index (κ2) is 4.61. The summed E-state index contributed by atoms with van der Waals surface area (Å²) in [4.78, 5) is 12.8. The van der Waals surface area contributed by atoms with E-state index in [1.54, 1.807) is 0 Å². The Bertz CT molecular complexity index is 852. The van der Waals surface area contributed by atoms with Gasteiger partial charge >= 0.3 is 0 Å². The summed E-state index contributed by atoms with van der Waals surface area (Å²) in [5, 5.41) is 13.6. The normalized spacial score (nSPS) is 24.7. The van der Waals surface area contributed by atoms with Gasteiger partial charge in [-0.2, -0.15) is 5.26 Å². The van der Waals surface area contributed by atoms with E-state index < -0.39 is 5.41 Å². The van der Waals surface area contributed by atoms with Crippen molar-refractivity contribution in [3.8, 4) is 6.07 Å². The molecule has 1 atom stereocenters. The predicted molar refractivity (Wildman–Crippen MR) is 87.9 cm³/mol. The van der Waals surface area contributed by atoms with Crippen molar-refractivity contribution in [2.75, 3.05) is 5.32 Å². The van der Waals surface area contributed by atoms with Gasteiger partial charge in [0.15, 0.2) is 0 Å². The highest BCUT2D eigenvalue weighted by Crippen LogP contribution is 2.71. The van der Waals surface area contributed by atoms with Crippen LogP contribution in [0.1, 0.15) is 43.4 Å². The molecule has 1 aromatic heterocycles. The highest BCUT2D eigenvalue weighted by Gasteiger charge is 2.72. The Morgan fingerprint density at radius 1 is 1.30 bits per heavy atom. The van der Waals surface area contributed by atoms with E-state index in [0.29, 0.717) is 6.42 Å². The summed E-state index contributed by atoms with van der Waals surface area (Å²) in [5.41, 5.74) is 1.77. The van der Waals surface area contributed by atoms with Crippen LogP contribution in [0.3, 0.4) is 0 Å².